The summed E-state index contributed by atoms with van der Waals surface area (Å²) >= 11 is 6.28. The second kappa shape index (κ2) is 5.09. The first-order chi connectivity index (χ1) is 9.24. The van der Waals surface area contributed by atoms with Gasteiger partial charge in [0.2, 0.25) is 0 Å². The van der Waals surface area contributed by atoms with Crippen molar-refractivity contribution in [2.24, 2.45) is 0 Å². The maximum absolute atomic E-state index is 11.1. The number of H-pyrrole nitrogens is 2. The van der Waals surface area contributed by atoms with E-state index in [0.717, 1.165) is 36.5 Å². The van der Waals surface area contributed by atoms with E-state index in [1.165, 1.54) is 5.56 Å². The van der Waals surface area contributed by atoms with Gasteiger partial charge < -0.3 is 4.90 Å². The number of aromatic amines is 2. The van der Waals surface area contributed by atoms with Gasteiger partial charge in [0.1, 0.15) is 5.82 Å². The van der Waals surface area contributed by atoms with E-state index in [9.17, 15) is 4.79 Å². The molecule has 0 bridgehead atoms. The molecule has 0 atom stereocenters. The number of rotatable bonds is 2. The summed E-state index contributed by atoms with van der Waals surface area (Å²) in [7, 11) is 0. The average Bonchev–Trinajstić information content (AvgIpc) is 2.68. The molecule has 0 fully saturated rings. The third kappa shape index (κ3) is 2.51. The average molecular weight is 279 g/mol. The molecule has 1 aliphatic rings. The van der Waals surface area contributed by atoms with Crippen molar-refractivity contribution in [1.29, 1.82) is 0 Å². The Morgan fingerprint density at radius 2 is 2.26 bits per heavy atom. The molecule has 0 spiro atoms. The summed E-state index contributed by atoms with van der Waals surface area (Å²) in [4.78, 5) is 16.0. The molecule has 0 radical (unpaired) electrons. The highest BCUT2D eigenvalue weighted by Gasteiger charge is 2.18. The molecule has 1 aliphatic heterocycles. The van der Waals surface area contributed by atoms with E-state index >= 15 is 0 Å². The molecule has 2 N–H and O–H groups in total. The van der Waals surface area contributed by atoms with Crippen LogP contribution in [0, 0.1) is 0 Å². The predicted octanol–water partition coefficient (Wildman–Crippen LogP) is 2.09. The van der Waals surface area contributed by atoms with E-state index in [4.69, 9.17) is 11.6 Å². The lowest BCUT2D eigenvalue weighted by atomic mass is 10.1. The minimum absolute atomic E-state index is 0.267. The van der Waals surface area contributed by atoms with Crippen LogP contribution in [0.5, 0.6) is 0 Å². The Morgan fingerprint density at radius 1 is 1.37 bits per heavy atom. The molecular weight excluding hydrogens is 264 g/mol. The van der Waals surface area contributed by atoms with Crippen LogP contribution in [0.25, 0.3) is 0 Å². The maximum Gasteiger partial charge on any atom is 0.340 e. The Bertz CT molecular complexity index is 634. The Hall–Kier alpha value is -1.75. The predicted molar refractivity (Wildman–Crippen MR) is 74.6 cm³/mol. The molecule has 100 valence electrons. The number of hydrogen-bond donors (Lipinski definition) is 2. The van der Waals surface area contributed by atoms with Crippen molar-refractivity contribution in [2.45, 2.75) is 25.8 Å². The van der Waals surface area contributed by atoms with E-state index in [-0.39, 0.29) is 5.69 Å². The molecule has 1 aromatic carbocycles. The third-order valence-electron chi connectivity index (χ3n) is 3.43. The first kappa shape index (κ1) is 12.3. The van der Waals surface area contributed by atoms with Crippen LogP contribution in [0.4, 0.5) is 5.69 Å². The van der Waals surface area contributed by atoms with Gasteiger partial charge in [-0.3, -0.25) is 4.98 Å². The third-order valence-corrected chi connectivity index (χ3v) is 3.78. The Labute approximate surface area is 115 Å². The maximum atomic E-state index is 11.1. The minimum atomic E-state index is -0.267. The molecule has 0 aliphatic carbocycles. The smallest absolute Gasteiger partial charge is 0.340 e. The second-order valence-electron chi connectivity index (χ2n) is 4.74. The summed E-state index contributed by atoms with van der Waals surface area (Å²) in [5.41, 5.74) is 2.07. The first-order valence-electron chi connectivity index (χ1n) is 6.40. The number of nitrogens with zero attached hydrogens (tertiary/aromatic N) is 2. The highest BCUT2D eigenvalue weighted by atomic mass is 35.5. The van der Waals surface area contributed by atoms with Crippen molar-refractivity contribution in [3.63, 3.8) is 0 Å². The largest absolute Gasteiger partial charge is 0.364 e. The highest BCUT2D eigenvalue weighted by Crippen LogP contribution is 2.32. The van der Waals surface area contributed by atoms with Crippen molar-refractivity contribution < 1.29 is 0 Å². The van der Waals surface area contributed by atoms with Crippen LogP contribution in [-0.4, -0.2) is 21.7 Å². The molecule has 6 heteroatoms. The number of nitrogens with one attached hydrogen (secondary N) is 2. The van der Waals surface area contributed by atoms with Crippen LogP contribution in [0.3, 0.4) is 0 Å². The van der Waals surface area contributed by atoms with E-state index < -0.39 is 0 Å². The van der Waals surface area contributed by atoms with Crippen LogP contribution >= 0.6 is 11.6 Å². The number of benzene rings is 1. The fraction of sp³-hybridized carbons (Fsp3) is 0.385. The van der Waals surface area contributed by atoms with E-state index in [1.54, 1.807) is 0 Å². The summed E-state index contributed by atoms with van der Waals surface area (Å²) in [5.74, 6) is 0.651. The zero-order chi connectivity index (χ0) is 13.2. The molecule has 5 nitrogen and oxygen atoms in total. The van der Waals surface area contributed by atoms with Gasteiger partial charge >= 0.3 is 5.69 Å². The van der Waals surface area contributed by atoms with Gasteiger partial charge in [0.15, 0.2) is 0 Å². The molecule has 0 saturated heterocycles. The molecule has 2 heterocycles. The summed E-state index contributed by atoms with van der Waals surface area (Å²) in [5, 5.41) is 7.18. The van der Waals surface area contributed by atoms with Crippen LogP contribution < -0.4 is 10.6 Å². The molecule has 0 amide bonds. The van der Waals surface area contributed by atoms with Crippen LogP contribution in [0.2, 0.25) is 5.02 Å². The molecule has 2 aromatic rings. The van der Waals surface area contributed by atoms with Crippen LogP contribution in [0.1, 0.15) is 24.2 Å². The molecule has 1 aromatic heterocycles. The minimum Gasteiger partial charge on any atom is -0.364 e. The normalized spacial score (nSPS) is 15.1. The van der Waals surface area contributed by atoms with Crippen molar-refractivity contribution in [2.75, 3.05) is 11.4 Å². The van der Waals surface area contributed by atoms with Crippen LogP contribution in [0.15, 0.2) is 23.0 Å². The fourth-order valence-electron chi connectivity index (χ4n) is 2.54. The quantitative estimate of drug-likeness (QED) is 0.884. The Kier molecular flexibility index (Phi) is 3.29. The summed E-state index contributed by atoms with van der Waals surface area (Å²) in [6.07, 6.45) is 3.24. The summed E-state index contributed by atoms with van der Waals surface area (Å²) in [6.45, 7) is 1.54. The van der Waals surface area contributed by atoms with Crippen molar-refractivity contribution in [3.05, 3.63) is 45.1 Å². The van der Waals surface area contributed by atoms with Crippen molar-refractivity contribution in [1.82, 2.24) is 15.2 Å². The molecule has 3 rings (SSSR count). The summed E-state index contributed by atoms with van der Waals surface area (Å²) in [6, 6.07) is 5.98. The number of hydrogen-bond acceptors (Lipinski definition) is 3. The van der Waals surface area contributed by atoms with E-state index in [1.807, 2.05) is 12.1 Å². The van der Waals surface area contributed by atoms with Gasteiger partial charge in [-0.25, -0.2) is 9.89 Å². The van der Waals surface area contributed by atoms with Gasteiger partial charge in [-0.2, -0.15) is 5.10 Å². The topological polar surface area (TPSA) is 64.8 Å². The molecule has 0 saturated carbocycles. The van der Waals surface area contributed by atoms with E-state index in [0.29, 0.717) is 12.4 Å². The lowest BCUT2D eigenvalue weighted by Crippen LogP contribution is -2.24. The SMILES string of the molecule is O=c1[nH]nc(CN2CCCCc3c(Cl)cccc32)[nH]1. The monoisotopic (exact) mass is 278 g/mol. The highest BCUT2D eigenvalue weighted by molar-refractivity contribution is 6.31. The molecular formula is C13H15ClN4O. The van der Waals surface area contributed by atoms with E-state index in [2.05, 4.69) is 26.1 Å². The number of fused-ring (bicyclic) bond motifs is 1. The zero-order valence-corrected chi connectivity index (χ0v) is 11.2. The van der Waals surface area contributed by atoms with Gasteiger partial charge in [0.25, 0.3) is 0 Å². The first-order valence-corrected chi connectivity index (χ1v) is 6.78. The van der Waals surface area contributed by atoms with Gasteiger partial charge in [0.05, 0.1) is 6.54 Å². The van der Waals surface area contributed by atoms with Gasteiger partial charge in [-0.1, -0.05) is 17.7 Å². The number of anilines is 1. The number of halogens is 1. The van der Waals surface area contributed by atoms with Gasteiger partial charge in [0, 0.05) is 17.3 Å². The van der Waals surface area contributed by atoms with Crippen LogP contribution in [-0.2, 0) is 13.0 Å². The number of aromatic nitrogens is 3. The lowest BCUT2D eigenvalue weighted by Gasteiger charge is -2.24. The Balaban J connectivity index is 1.94. The standard InChI is InChI=1S/C13H15ClN4O/c14-10-5-3-6-11-9(10)4-1-2-7-18(11)8-12-15-13(19)17-16-12/h3,5-6H,1-2,4,7-8H2,(H2,15,16,17,19). The van der Waals surface area contributed by atoms with Crippen molar-refractivity contribution >= 4 is 17.3 Å². The van der Waals surface area contributed by atoms with Crippen molar-refractivity contribution in [3.8, 4) is 0 Å². The second-order valence-corrected chi connectivity index (χ2v) is 5.15. The lowest BCUT2D eigenvalue weighted by molar-refractivity contribution is 0.700. The molecule has 0 unspecified atom stereocenters. The van der Waals surface area contributed by atoms with Gasteiger partial charge in [-0.05, 0) is 37.0 Å². The fourth-order valence-corrected chi connectivity index (χ4v) is 2.81. The molecule has 19 heavy (non-hydrogen) atoms. The zero-order valence-electron chi connectivity index (χ0n) is 10.4. The Morgan fingerprint density at radius 3 is 3.05 bits per heavy atom. The summed E-state index contributed by atoms with van der Waals surface area (Å²) < 4.78 is 0. The van der Waals surface area contributed by atoms with Gasteiger partial charge in [-0.15, -0.1) is 0 Å².